The molecule has 0 amide bonds. The predicted molar refractivity (Wildman–Crippen MR) is 68.7 cm³/mol. The first-order valence-corrected chi connectivity index (χ1v) is 5.53. The second-order valence-electron chi connectivity index (χ2n) is 4.16. The number of hydrogen-bond donors (Lipinski definition) is 1. The number of fused-ring (bicyclic) bond motifs is 1. The quantitative estimate of drug-likeness (QED) is 0.811. The largest absolute Gasteiger partial charge is 0.395 e. The van der Waals surface area contributed by atoms with E-state index in [4.69, 9.17) is 5.11 Å². The van der Waals surface area contributed by atoms with E-state index in [2.05, 4.69) is 0 Å². The van der Waals surface area contributed by atoms with Crippen molar-refractivity contribution in [1.82, 2.24) is 4.57 Å². The van der Waals surface area contributed by atoms with Gasteiger partial charge in [-0.25, -0.2) is 0 Å². The van der Waals surface area contributed by atoms with Gasteiger partial charge in [0.05, 0.1) is 6.61 Å². The number of aldehydes is 1. The topological polar surface area (TPSA) is 45.5 Å². The average Bonchev–Trinajstić information content (AvgIpc) is 2.66. The summed E-state index contributed by atoms with van der Waals surface area (Å²) in [6.07, 6.45) is 2.70. The Morgan fingerprint density at radius 2 is 2.24 bits per heavy atom. The first-order valence-electron chi connectivity index (χ1n) is 5.53. The van der Waals surface area contributed by atoms with Crippen LogP contribution in [0.4, 0.5) is 5.69 Å². The number of aliphatic hydroxyl groups excluding tert-OH is 1. The summed E-state index contributed by atoms with van der Waals surface area (Å²) in [5.74, 6) is 0. The monoisotopic (exact) mass is 232 g/mol. The molecule has 4 heteroatoms. The Kier molecular flexibility index (Phi) is 3.15. The van der Waals surface area contributed by atoms with Crippen LogP contribution in [0.15, 0.2) is 24.4 Å². The van der Waals surface area contributed by atoms with Gasteiger partial charge < -0.3 is 14.6 Å². The Labute approximate surface area is 100 Å². The number of benzene rings is 1. The molecule has 2 rings (SSSR count). The molecule has 1 aromatic heterocycles. The molecule has 1 heterocycles. The number of nitrogens with zero attached hydrogens (tertiary/aromatic N) is 2. The third-order valence-corrected chi connectivity index (χ3v) is 3.01. The van der Waals surface area contributed by atoms with Crippen molar-refractivity contribution in [3.63, 3.8) is 0 Å². The van der Waals surface area contributed by atoms with E-state index < -0.39 is 0 Å². The summed E-state index contributed by atoms with van der Waals surface area (Å²) in [6, 6.07) is 5.97. The van der Waals surface area contributed by atoms with E-state index in [1.165, 1.54) is 0 Å². The van der Waals surface area contributed by atoms with Crippen LogP contribution in [-0.2, 0) is 7.05 Å². The minimum atomic E-state index is 0.115. The van der Waals surface area contributed by atoms with Crippen LogP contribution in [0.5, 0.6) is 0 Å². The molecule has 1 aromatic carbocycles. The highest BCUT2D eigenvalue weighted by Gasteiger charge is 2.08. The summed E-state index contributed by atoms with van der Waals surface area (Å²) in [5, 5.41) is 9.86. The molecule has 4 nitrogen and oxygen atoms in total. The van der Waals surface area contributed by atoms with Gasteiger partial charge >= 0.3 is 0 Å². The molecule has 1 N–H and O–H groups in total. The molecule has 17 heavy (non-hydrogen) atoms. The number of carbonyl (C=O) groups excluding carboxylic acids is 1. The summed E-state index contributed by atoms with van der Waals surface area (Å²) >= 11 is 0. The second kappa shape index (κ2) is 4.59. The lowest BCUT2D eigenvalue weighted by atomic mass is 10.1. The minimum Gasteiger partial charge on any atom is -0.395 e. The Morgan fingerprint density at radius 1 is 1.47 bits per heavy atom. The van der Waals surface area contributed by atoms with Crippen LogP contribution >= 0.6 is 0 Å². The lowest BCUT2D eigenvalue weighted by molar-refractivity contribution is 0.112. The van der Waals surface area contributed by atoms with Crippen molar-refractivity contribution in [3.05, 3.63) is 30.0 Å². The predicted octanol–water partition coefficient (Wildman–Crippen LogP) is 1.42. The zero-order valence-corrected chi connectivity index (χ0v) is 10.1. The van der Waals surface area contributed by atoms with E-state index >= 15 is 0 Å². The molecular weight excluding hydrogens is 216 g/mol. The number of carbonyl (C=O) groups is 1. The van der Waals surface area contributed by atoms with Gasteiger partial charge in [-0.3, -0.25) is 4.79 Å². The molecule has 0 saturated heterocycles. The van der Waals surface area contributed by atoms with Crippen LogP contribution in [0.25, 0.3) is 10.9 Å². The van der Waals surface area contributed by atoms with Crippen LogP contribution in [0, 0.1) is 0 Å². The lowest BCUT2D eigenvalue weighted by Gasteiger charge is -2.18. The average molecular weight is 232 g/mol. The van der Waals surface area contributed by atoms with Crippen molar-refractivity contribution in [1.29, 1.82) is 0 Å². The van der Waals surface area contributed by atoms with Crippen LogP contribution in [0.2, 0.25) is 0 Å². The van der Waals surface area contributed by atoms with Gasteiger partial charge in [0, 0.05) is 49.0 Å². The summed E-state index contributed by atoms with van der Waals surface area (Å²) < 4.78 is 1.94. The van der Waals surface area contributed by atoms with Gasteiger partial charge in [0.1, 0.15) is 0 Å². The first-order chi connectivity index (χ1) is 8.17. The molecular formula is C13H16N2O2. The fourth-order valence-electron chi connectivity index (χ4n) is 2.02. The molecule has 2 aromatic rings. The molecule has 90 valence electrons. The molecule has 0 atom stereocenters. The van der Waals surface area contributed by atoms with Crippen molar-refractivity contribution in [2.75, 3.05) is 25.1 Å². The van der Waals surface area contributed by atoms with Crippen molar-refractivity contribution >= 4 is 22.9 Å². The molecule has 0 aliphatic carbocycles. The number of rotatable bonds is 4. The number of aryl methyl sites for hydroxylation is 1. The third-order valence-electron chi connectivity index (χ3n) is 3.01. The highest BCUT2D eigenvalue weighted by molar-refractivity contribution is 5.99. The van der Waals surface area contributed by atoms with Gasteiger partial charge in [-0.05, 0) is 18.2 Å². The van der Waals surface area contributed by atoms with Crippen molar-refractivity contribution in [2.24, 2.45) is 7.05 Å². The Balaban J connectivity index is 2.52. The fourth-order valence-corrected chi connectivity index (χ4v) is 2.02. The first kappa shape index (κ1) is 11.7. The SMILES string of the molecule is CN(CCO)c1ccc2c(c1)c(C=O)cn2C. The van der Waals surface area contributed by atoms with Crippen LogP contribution in [0.1, 0.15) is 10.4 Å². The molecule has 0 aliphatic rings. The zero-order chi connectivity index (χ0) is 12.4. The van der Waals surface area contributed by atoms with Crippen molar-refractivity contribution in [2.45, 2.75) is 0 Å². The highest BCUT2D eigenvalue weighted by atomic mass is 16.3. The van der Waals surface area contributed by atoms with Crippen LogP contribution in [0.3, 0.4) is 0 Å². The molecule has 0 bridgehead atoms. The normalized spacial score (nSPS) is 10.8. The number of aromatic nitrogens is 1. The number of likely N-dealkylation sites (N-methyl/N-ethyl adjacent to an activating group) is 1. The molecule has 0 unspecified atom stereocenters. The van der Waals surface area contributed by atoms with E-state index in [0.29, 0.717) is 12.1 Å². The fraction of sp³-hybridized carbons (Fsp3) is 0.308. The van der Waals surface area contributed by atoms with Crippen LogP contribution in [-0.4, -0.2) is 36.2 Å². The highest BCUT2D eigenvalue weighted by Crippen LogP contribution is 2.24. The Morgan fingerprint density at radius 3 is 2.88 bits per heavy atom. The zero-order valence-electron chi connectivity index (χ0n) is 10.1. The maximum Gasteiger partial charge on any atom is 0.152 e. The molecule has 0 saturated carbocycles. The van der Waals surface area contributed by atoms with E-state index in [-0.39, 0.29) is 6.61 Å². The Bertz CT molecular complexity index is 546. The molecule has 0 radical (unpaired) electrons. The van der Waals surface area contributed by atoms with Crippen molar-refractivity contribution < 1.29 is 9.90 Å². The maximum atomic E-state index is 11.0. The van der Waals surface area contributed by atoms with Crippen LogP contribution < -0.4 is 4.90 Å². The van der Waals surface area contributed by atoms with Crippen molar-refractivity contribution in [3.8, 4) is 0 Å². The molecule has 0 spiro atoms. The van der Waals surface area contributed by atoms with Gasteiger partial charge in [-0.2, -0.15) is 0 Å². The summed E-state index contributed by atoms with van der Waals surface area (Å²) in [5.41, 5.74) is 2.73. The minimum absolute atomic E-state index is 0.115. The van der Waals surface area contributed by atoms with E-state index in [1.54, 1.807) is 0 Å². The number of hydrogen-bond acceptors (Lipinski definition) is 3. The Hall–Kier alpha value is -1.81. The van der Waals surface area contributed by atoms with E-state index in [1.807, 2.05) is 48.0 Å². The number of aliphatic hydroxyl groups is 1. The van der Waals surface area contributed by atoms with E-state index in [9.17, 15) is 4.79 Å². The van der Waals surface area contributed by atoms with Gasteiger partial charge in [-0.15, -0.1) is 0 Å². The summed E-state index contributed by atoms with van der Waals surface area (Å²) in [7, 11) is 3.84. The van der Waals surface area contributed by atoms with Gasteiger partial charge in [0.15, 0.2) is 6.29 Å². The summed E-state index contributed by atoms with van der Waals surface area (Å²) in [4.78, 5) is 12.9. The standard InChI is InChI=1S/C13H16N2O2/c1-14(5-6-16)11-3-4-13-12(7-11)10(9-17)8-15(13)2/h3-4,7-9,16H,5-6H2,1-2H3. The van der Waals surface area contributed by atoms with Gasteiger partial charge in [-0.1, -0.05) is 0 Å². The van der Waals surface area contributed by atoms with Gasteiger partial charge in [0.25, 0.3) is 0 Å². The molecule has 0 fully saturated rings. The molecule has 0 aliphatic heterocycles. The third kappa shape index (κ3) is 2.03. The second-order valence-corrected chi connectivity index (χ2v) is 4.16. The lowest BCUT2D eigenvalue weighted by Crippen LogP contribution is -2.20. The smallest absolute Gasteiger partial charge is 0.152 e. The summed E-state index contributed by atoms with van der Waals surface area (Å²) in [6.45, 7) is 0.693. The maximum absolute atomic E-state index is 11.0. The van der Waals surface area contributed by atoms with Gasteiger partial charge in [0.2, 0.25) is 0 Å². The van der Waals surface area contributed by atoms with E-state index in [0.717, 1.165) is 22.9 Å². The number of anilines is 1.